The fourth-order valence-electron chi connectivity index (χ4n) is 1.50. The molecule has 0 aromatic rings. The Morgan fingerprint density at radius 1 is 1.44 bits per heavy atom. The zero-order valence-electron chi connectivity index (χ0n) is 8.97. The Kier molecular flexibility index (Phi) is 4.54. The van der Waals surface area contributed by atoms with Crippen LogP contribution in [0.2, 0.25) is 0 Å². The van der Waals surface area contributed by atoms with Gasteiger partial charge in [-0.3, -0.25) is 19.3 Å². The maximum atomic E-state index is 11.7. The van der Waals surface area contributed by atoms with Crippen molar-refractivity contribution in [2.75, 3.05) is 12.3 Å². The first-order valence-corrected chi connectivity index (χ1v) is 5.68. The molecular weight excluding hydrogens is 228 g/mol. The second kappa shape index (κ2) is 5.69. The molecule has 16 heavy (non-hydrogen) atoms. The van der Waals surface area contributed by atoms with Gasteiger partial charge in [0.05, 0.1) is 0 Å². The number of carbonyl (C=O) groups excluding carboxylic acids is 3. The molecule has 0 aliphatic carbocycles. The SMILES string of the molecule is CCC(C(=O)NCCS)N1C(=O)C=CC1=O. The molecule has 1 aliphatic rings. The molecule has 0 spiro atoms. The third-order valence-electron chi connectivity index (χ3n) is 2.26. The van der Waals surface area contributed by atoms with Crippen LogP contribution in [0.3, 0.4) is 0 Å². The monoisotopic (exact) mass is 242 g/mol. The Morgan fingerprint density at radius 2 is 2.00 bits per heavy atom. The van der Waals surface area contributed by atoms with Gasteiger partial charge in [0.2, 0.25) is 5.91 Å². The summed E-state index contributed by atoms with van der Waals surface area (Å²) in [6.07, 6.45) is 2.76. The van der Waals surface area contributed by atoms with Crippen molar-refractivity contribution in [2.45, 2.75) is 19.4 Å². The number of amides is 3. The zero-order valence-corrected chi connectivity index (χ0v) is 9.87. The molecule has 3 amide bonds. The van der Waals surface area contributed by atoms with Crippen LogP contribution in [-0.2, 0) is 14.4 Å². The highest BCUT2D eigenvalue weighted by atomic mass is 32.1. The van der Waals surface area contributed by atoms with Crippen LogP contribution in [0.25, 0.3) is 0 Å². The average Bonchev–Trinajstić information content (AvgIpc) is 2.59. The highest BCUT2D eigenvalue weighted by Gasteiger charge is 2.34. The van der Waals surface area contributed by atoms with Gasteiger partial charge in [-0.15, -0.1) is 0 Å². The van der Waals surface area contributed by atoms with E-state index in [1.54, 1.807) is 6.92 Å². The maximum Gasteiger partial charge on any atom is 0.254 e. The lowest BCUT2D eigenvalue weighted by molar-refractivity contribution is -0.145. The molecule has 1 heterocycles. The molecular formula is C10H14N2O3S. The van der Waals surface area contributed by atoms with E-state index < -0.39 is 17.9 Å². The molecule has 1 aliphatic heterocycles. The summed E-state index contributed by atoms with van der Waals surface area (Å²) in [6.45, 7) is 2.17. The van der Waals surface area contributed by atoms with E-state index in [1.165, 1.54) is 12.2 Å². The fraction of sp³-hybridized carbons (Fsp3) is 0.500. The summed E-state index contributed by atoms with van der Waals surface area (Å²) in [6, 6.07) is -0.727. The van der Waals surface area contributed by atoms with Gasteiger partial charge in [-0.2, -0.15) is 12.6 Å². The van der Waals surface area contributed by atoms with E-state index in [1.807, 2.05) is 0 Å². The van der Waals surface area contributed by atoms with Crippen LogP contribution >= 0.6 is 12.6 Å². The molecule has 0 saturated carbocycles. The van der Waals surface area contributed by atoms with Crippen molar-refractivity contribution in [1.82, 2.24) is 10.2 Å². The molecule has 1 atom stereocenters. The van der Waals surface area contributed by atoms with Gasteiger partial charge in [0.1, 0.15) is 6.04 Å². The Balaban J connectivity index is 2.70. The molecule has 6 heteroatoms. The van der Waals surface area contributed by atoms with Gasteiger partial charge < -0.3 is 5.32 Å². The van der Waals surface area contributed by atoms with Crippen molar-refractivity contribution >= 4 is 30.4 Å². The van der Waals surface area contributed by atoms with Gasteiger partial charge in [-0.25, -0.2) is 0 Å². The lowest BCUT2D eigenvalue weighted by Crippen LogP contribution is -2.49. The van der Waals surface area contributed by atoms with Gasteiger partial charge in [-0.05, 0) is 6.42 Å². The molecule has 5 nitrogen and oxygen atoms in total. The summed E-state index contributed by atoms with van der Waals surface area (Å²) in [5.41, 5.74) is 0. The molecule has 1 rings (SSSR count). The van der Waals surface area contributed by atoms with E-state index in [0.29, 0.717) is 18.7 Å². The topological polar surface area (TPSA) is 66.5 Å². The largest absolute Gasteiger partial charge is 0.353 e. The fourth-order valence-corrected chi connectivity index (χ4v) is 1.61. The quantitative estimate of drug-likeness (QED) is 0.515. The van der Waals surface area contributed by atoms with E-state index in [0.717, 1.165) is 4.90 Å². The summed E-state index contributed by atoms with van der Waals surface area (Å²) < 4.78 is 0. The average molecular weight is 242 g/mol. The first kappa shape index (κ1) is 12.8. The van der Waals surface area contributed by atoms with Crippen molar-refractivity contribution < 1.29 is 14.4 Å². The van der Waals surface area contributed by atoms with Gasteiger partial charge in [0, 0.05) is 24.4 Å². The minimum atomic E-state index is -0.727. The van der Waals surface area contributed by atoms with Crippen molar-refractivity contribution in [3.63, 3.8) is 0 Å². The highest BCUT2D eigenvalue weighted by molar-refractivity contribution is 7.80. The van der Waals surface area contributed by atoms with Crippen molar-refractivity contribution in [3.05, 3.63) is 12.2 Å². The third kappa shape index (κ3) is 2.63. The standard InChI is InChI=1S/C10H14N2O3S/c1-2-7(10(15)11-5-6-16)12-8(13)3-4-9(12)14/h3-4,7,16H,2,5-6H2,1H3,(H,11,15). The van der Waals surface area contributed by atoms with Crippen LogP contribution in [0, 0.1) is 0 Å². The number of nitrogens with zero attached hydrogens (tertiary/aromatic N) is 1. The van der Waals surface area contributed by atoms with Gasteiger partial charge in [0.25, 0.3) is 11.8 Å². The minimum Gasteiger partial charge on any atom is -0.353 e. The number of imide groups is 1. The van der Waals surface area contributed by atoms with Crippen LogP contribution in [0.5, 0.6) is 0 Å². The molecule has 0 aromatic heterocycles. The summed E-state index contributed by atoms with van der Waals surface area (Å²) in [4.78, 5) is 35.4. The summed E-state index contributed by atoms with van der Waals surface area (Å²) in [5.74, 6) is -0.667. The lowest BCUT2D eigenvalue weighted by atomic mass is 10.2. The van der Waals surface area contributed by atoms with E-state index in [9.17, 15) is 14.4 Å². The number of carbonyl (C=O) groups is 3. The van der Waals surface area contributed by atoms with Crippen molar-refractivity contribution in [2.24, 2.45) is 0 Å². The predicted octanol–water partition coefficient (Wildman–Crippen LogP) is -0.264. The van der Waals surface area contributed by atoms with E-state index in [4.69, 9.17) is 0 Å². The minimum absolute atomic E-state index is 0.318. The van der Waals surface area contributed by atoms with E-state index in [2.05, 4.69) is 17.9 Å². The van der Waals surface area contributed by atoms with Crippen LogP contribution in [0.4, 0.5) is 0 Å². The molecule has 0 fully saturated rings. The van der Waals surface area contributed by atoms with Gasteiger partial charge in [-0.1, -0.05) is 6.92 Å². The number of hydrogen-bond acceptors (Lipinski definition) is 4. The molecule has 0 radical (unpaired) electrons. The number of hydrogen-bond donors (Lipinski definition) is 2. The summed E-state index contributed by atoms with van der Waals surface area (Å²) >= 11 is 3.96. The maximum absolute atomic E-state index is 11.7. The zero-order chi connectivity index (χ0) is 12.1. The predicted molar refractivity (Wildman–Crippen MR) is 61.9 cm³/mol. The highest BCUT2D eigenvalue weighted by Crippen LogP contribution is 2.12. The number of nitrogens with one attached hydrogen (secondary N) is 1. The molecule has 0 aromatic carbocycles. The molecule has 0 saturated heterocycles. The van der Waals surface area contributed by atoms with Crippen LogP contribution in [0.1, 0.15) is 13.3 Å². The second-order valence-corrected chi connectivity index (χ2v) is 3.77. The van der Waals surface area contributed by atoms with E-state index >= 15 is 0 Å². The van der Waals surface area contributed by atoms with Gasteiger partial charge in [0.15, 0.2) is 0 Å². The molecule has 0 bridgehead atoms. The van der Waals surface area contributed by atoms with Crippen molar-refractivity contribution in [3.8, 4) is 0 Å². The lowest BCUT2D eigenvalue weighted by Gasteiger charge is -2.23. The Labute approximate surface area is 99.3 Å². The van der Waals surface area contributed by atoms with Crippen LogP contribution in [0.15, 0.2) is 12.2 Å². The number of rotatable bonds is 5. The summed E-state index contributed by atoms with van der Waals surface area (Å²) in [7, 11) is 0. The van der Waals surface area contributed by atoms with Gasteiger partial charge >= 0.3 is 0 Å². The van der Waals surface area contributed by atoms with Crippen LogP contribution in [-0.4, -0.2) is 41.0 Å². The molecule has 1 N–H and O–H groups in total. The third-order valence-corrected chi connectivity index (χ3v) is 2.48. The molecule has 88 valence electrons. The first-order valence-electron chi connectivity index (χ1n) is 5.05. The smallest absolute Gasteiger partial charge is 0.254 e. The number of thiol groups is 1. The van der Waals surface area contributed by atoms with E-state index in [-0.39, 0.29) is 5.91 Å². The van der Waals surface area contributed by atoms with Crippen molar-refractivity contribution in [1.29, 1.82) is 0 Å². The Morgan fingerprint density at radius 3 is 2.44 bits per heavy atom. The normalized spacial score (nSPS) is 16.8. The van der Waals surface area contributed by atoms with Crippen LogP contribution < -0.4 is 5.32 Å². The Hall–Kier alpha value is -1.30. The Bertz CT molecular complexity index is 323. The molecule has 1 unspecified atom stereocenters. The second-order valence-electron chi connectivity index (χ2n) is 3.32. The summed E-state index contributed by atoms with van der Waals surface area (Å²) in [5, 5.41) is 2.61. The first-order chi connectivity index (χ1) is 7.61.